The molecule has 0 saturated carbocycles. The molecule has 0 saturated heterocycles. The minimum absolute atomic E-state index is 0.0181. The summed E-state index contributed by atoms with van der Waals surface area (Å²) in [4.78, 5) is 7.62. The first-order valence-electron chi connectivity index (χ1n) is 5.15. The number of nitrogens with zero attached hydrogens (tertiary/aromatic N) is 2. The zero-order valence-corrected chi connectivity index (χ0v) is 12.1. The highest BCUT2D eigenvalue weighted by molar-refractivity contribution is 7.92. The van der Waals surface area contributed by atoms with Crippen LogP contribution in [0.1, 0.15) is 5.56 Å². The Morgan fingerprint density at radius 3 is 2.47 bits per heavy atom. The molecule has 0 aromatic carbocycles. The average molecular weight is 318 g/mol. The van der Waals surface area contributed by atoms with Crippen molar-refractivity contribution in [1.82, 2.24) is 9.97 Å². The van der Waals surface area contributed by atoms with Crippen LogP contribution in [0.2, 0.25) is 10.3 Å². The van der Waals surface area contributed by atoms with E-state index < -0.39 is 10.0 Å². The molecule has 2 rings (SSSR count). The third kappa shape index (κ3) is 3.34. The predicted molar refractivity (Wildman–Crippen MR) is 74.0 cm³/mol. The lowest BCUT2D eigenvalue weighted by atomic mass is 10.3. The third-order valence-electron chi connectivity index (χ3n) is 2.28. The lowest BCUT2D eigenvalue weighted by Gasteiger charge is -2.08. The van der Waals surface area contributed by atoms with E-state index in [9.17, 15) is 8.42 Å². The van der Waals surface area contributed by atoms with Crippen LogP contribution in [-0.2, 0) is 10.0 Å². The van der Waals surface area contributed by atoms with E-state index in [1.165, 1.54) is 24.5 Å². The zero-order valence-electron chi connectivity index (χ0n) is 9.76. The molecule has 0 spiro atoms. The summed E-state index contributed by atoms with van der Waals surface area (Å²) in [5.74, 6) is 0. The molecule has 0 fully saturated rings. The van der Waals surface area contributed by atoms with Gasteiger partial charge in [-0.2, -0.15) is 0 Å². The Morgan fingerprint density at radius 1 is 1.16 bits per heavy atom. The van der Waals surface area contributed by atoms with Crippen molar-refractivity contribution in [1.29, 1.82) is 0 Å². The van der Waals surface area contributed by atoms with E-state index >= 15 is 0 Å². The van der Waals surface area contributed by atoms with E-state index in [-0.39, 0.29) is 10.0 Å². The van der Waals surface area contributed by atoms with Gasteiger partial charge in [0.25, 0.3) is 10.0 Å². The summed E-state index contributed by atoms with van der Waals surface area (Å²) in [5.41, 5.74) is 1.01. The van der Waals surface area contributed by atoms with Gasteiger partial charge in [-0.3, -0.25) is 4.72 Å². The summed E-state index contributed by atoms with van der Waals surface area (Å²) in [6.07, 6.45) is 2.52. The lowest BCUT2D eigenvalue weighted by Crippen LogP contribution is -2.13. The lowest BCUT2D eigenvalue weighted by molar-refractivity contribution is 0.601. The number of halogens is 2. The van der Waals surface area contributed by atoms with Gasteiger partial charge in [-0.15, -0.1) is 0 Å². The van der Waals surface area contributed by atoms with Crippen LogP contribution < -0.4 is 4.72 Å². The monoisotopic (exact) mass is 317 g/mol. The minimum Gasteiger partial charge on any atom is -0.278 e. The molecular weight excluding hydrogens is 309 g/mol. The molecule has 0 atom stereocenters. The second-order valence-corrected chi connectivity index (χ2v) is 6.18. The summed E-state index contributed by atoms with van der Waals surface area (Å²) in [5, 5.41) is 0.555. The second-order valence-electron chi connectivity index (χ2n) is 3.75. The summed E-state index contributed by atoms with van der Waals surface area (Å²) in [6.45, 7) is 1.73. The van der Waals surface area contributed by atoms with Crippen LogP contribution in [0.25, 0.3) is 0 Å². The van der Waals surface area contributed by atoms with Gasteiger partial charge in [-0.05, 0) is 30.7 Å². The smallest absolute Gasteiger partial charge is 0.263 e. The van der Waals surface area contributed by atoms with Crippen molar-refractivity contribution in [3.8, 4) is 0 Å². The SMILES string of the molecule is Cc1cc(NS(=O)(=O)c2ccc(Cl)nc2)cnc1Cl. The number of rotatable bonds is 3. The van der Waals surface area contributed by atoms with Gasteiger partial charge in [-0.25, -0.2) is 18.4 Å². The van der Waals surface area contributed by atoms with E-state index in [0.717, 1.165) is 0 Å². The molecule has 2 aromatic heterocycles. The molecule has 0 radical (unpaired) electrons. The molecule has 100 valence electrons. The standard InChI is InChI=1S/C11H9Cl2N3O2S/c1-7-4-8(5-15-11(7)13)16-19(17,18)9-2-3-10(12)14-6-9/h2-6,16H,1H3. The first-order chi connectivity index (χ1) is 8.88. The number of hydrogen-bond acceptors (Lipinski definition) is 4. The van der Waals surface area contributed by atoms with Gasteiger partial charge in [0.15, 0.2) is 0 Å². The summed E-state index contributed by atoms with van der Waals surface area (Å²) >= 11 is 11.4. The average Bonchev–Trinajstić information content (AvgIpc) is 2.34. The third-order valence-corrected chi connectivity index (χ3v) is 4.26. The van der Waals surface area contributed by atoms with Crippen LogP contribution >= 0.6 is 23.2 Å². The number of aromatic nitrogens is 2. The molecule has 0 aliphatic carbocycles. The summed E-state index contributed by atoms with van der Waals surface area (Å²) < 4.78 is 26.5. The molecule has 0 aliphatic heterocycles. The Bertz CT molecular complexity index is 702. The van der Waals surface area contributed by atoms with Gasteiger partial charge < -0.3 is 0 Å². The Labute approximate surface area is 120 Å². The van der Waals surface area contributed by atoms with Crippen molar-refractivity contribution < 1.29 is 8.42 Å². The molecule has 2 aromatic rings. The molecule has 8 heteroatoms. The predicted octanol–water partition coefficient (Wildman–Crippen LogP) is 2.89. The van der Waals surface area contributed by atoms with Crippen LogP contribution in [0.4, 0.5) is 5.69 Å². The topological polar surface area (TPSA) is 72.0 Å². The number of hydrogen-bond donors (Lipinski definition) is 1. The fraction of sp³-hybridized carbons (Fsp3) is 0.0909. The number of sulfonamides is 1. The number of anilines is 1. The van der Waals surface area contributed by atoms with E-state index in [2.05, 4.69) is 14.7 Å². The van der Waals surface area contributed by atoms with Gasteiger partial charge in [0.05, 0.1) is 11.9 Å². The molecular formula is C11H9Cl2N3O2S. The van der Waals surface area contributed by atoms with E-state index in [1.54, 1.807) is 13.0 Å². The number of pyridine rings is 2. The maximum atomic E-state index is 12.1. The molecule has 0 unspecified atom stereocenters. The van der Waals surface area contributed by atoms with Gasteiger partial charge in [-0.1, -0.05) is 23.2 Å². The Balaban J connectivity index is 2.30. The van der Waals surface area contributed by atoms with Crippen LogP contribution in [-0.4, -0.2) is 18.4 Å². The first-order valence-corrected chi connectivity index (χ1v) is 7.39. The molecule has 19 heavy (non-hydrogen) atoms. The fourth-order valence-electron chi connectivity index (χ4n) is 1.35. The molecule has 0 bridgehead atoms. The molecule has 1 N–H and O–H groups in total. The second kappa shape index (κ2) is 5.32. The van der Waals surface area contributed by atoms with Crippen molar-refractivity contribution in [3.63, 3.8) is 0 Å². The highest BCUT2D eigenvalue weighted by atomic mass is 35.5. The summed E-state index contributed by atoms with van der Waals surface area (Å²) in [6, 6.07) is 4.37. The van der Waals surface area contributed by atoms with Crippen LogP contribution in [0, 0.1) is 6.92 Å². The maximum absolute atomic E-state index is 12.1. The van der Waals surface area contributed by atoms with E-state index in [4.69, 9.17) is 23.2 Å². The highest BCUT2D eigenvalue weighted by Gasteiger charge is 2.15. The Morgan fingerprint density at radius 2 is 1.89 bits per heavy atom. The summed E-state index contributed by atoms with van der Waals surface area (Å²) in [7, 11) is -3.71. The minimum atomic E-state index is -3.71. The highest BCUT2D eigenvalue weighted by Crippen LogP contribution is 2.19. The number of aryl methyl sites for hydroxylation is 1. The number of nitrogens with one attached hydrogen (secondary N) is 1. The van der Waals surface area contributed by atoms with Crippen molar-refractivity contribution in [2.75, 3.05) is 4.72 Å². The van der Waals surface area contributed by atoms with Crippen LogP contribution in [0.15, 0.2) is 35.5 Å². The zero-order chi connectivity index (χ0) is 14.0. The molecule has 0 amide bonds. The quantitative estimate of drug-likeness (QED) is 0.883. The normalized spacial score (nSPS) is 11.3. The van der Waals surface area contributed by atoms with Crippen molar-refractivity contribution in [3.05, 3.63) is 46.5 Å². The first kappa shape index (κ1) is 14.0. The molecule has 5 nitrogen and oxygen atoms in total. The van der Waals surface area contributed by atoms with Crippen LogP contribution in [0.5, 0.6) is 0 Å². The van der Waals surface area contributed by atoms with Gasteiger partial charge >= 0.3 is 0 Å². The maximum Gasteiger partial charge on any atom is 0.263 e. The van der Waals surface area contributed by atoms with Crippen LogP contribution in [0.3, 0.4) is 0 Å². The fourth-order valence-corrected chi connectivity index (χ4v) is 2.54. The Kier molecular flexibility index (Phi) is 3.93. The van der Waals surface area contributed by atoms with Crippen molar-refractivity contribution in [2.24, 2.45) is 0 Å². The molecule has 0 aliphatic rings. The van der Waals surface area contributed by atoms with Gasteiger partial charge in [0.1, 0.15) is 15.2 Å². The van der Waals surface area contributed by atoms with E-state index in [0.29, 0.717) is 16.4 Å². The van der Waals surface area contributed by atoms with Gasteiger partial charge in [0.2, 0.25) is 0 Å². The van der Waals surface area contributed by atoms with Crippen molar-refractivity contribution in [2.45, 2.75) is 11.8 Å². The van der Waals surface area contributed by atoms with Crippen molar-refractivity contribution >= 4 is 38.9 Å². The Hall–Kier alpha value is -1.37. The van der Waals surface area contributed by atoms with Gasteiger partial charge in [0, 0.05) is 6.20 Å². The van der Waals surface area contributed by atoms with E-state index in [1.807, 2.05) is 0 Å². The largest absolute Gasteiger partial charge is 0.278 e. The molecule has 2 heterocycles.